The molecule has 0 aliphatic carbocycles. The summed E-state index contributed by atoms with van der Waals surface area (Å²) in [5.74, 6) is 1.53. The molecule has 120 valence electrons. The fourth-order valence-electron chi connectivity index (χ4n) is 2.82. The Morgan fingerprint density at radius 1 is 1.39 bits per heavy atom. The fraction of sp³-hybridized carbons (Fsp3) is 0.375. The number of hydrogen-bond acceptors (Lipinski definition) is 6. The van der Waals surface area contributed by atoms with Gasteiger partial charge >= 0.3 is 0 Å². The van der Waals surface area contributed by atoms with Crippen molar-refractivity contribution in [3.63, 3.8) is 0 Å². The van der Waals surface area contributed by atoms with Crippen molar-refractivity contribution in [1.82, 2.24) is 15.2 Å². The highest BCUT2D eigenvalue weighted by Crippen LogP contribution is 2.37. The van der Waals surface area contributed by atoms with Crippen molar-refractivity contribution >= 4 is 17.2 Å². The largest absolute Gasteiger partial charge is 0.454 e. The number of carbonyl (C=O) groups is 1. The lowest BCUT2D eigenvalue weighted by Crippen LogP contribution is -2.52. The predicted molar refractivity (Wildman–Crippen MR) is 87.0 cm³/mol. The summed E-state index contributed by atoms with van der Waals surface area (Å²) in [5, 5.41) is 4.11. The van der Waals surface area contributed by atoms with Gasteiger partial charge in [-0.15, -0.1) is 11.3 Å². The van der Waals surface area contributed by atoms with Gasteiger partial charge in [0.25, 0.3) is 5.91 Å². The minimum absolute atomic E-state index is 0.0588. The molecular weight excluding hydrogens is 314 g/mol. The smallest absolute Gasteiger partial charge is 0.265 e. The molecule has 1 fully saturated rings. The second-order valence-corrected chi connectivity index (χ2v) is 6.68. The molecule has 2 aliphatic rings. The maximum Gasteiger partial charge on any atom is 0.265 e. The van der Waals surface area contributed by atoms with E-state index >= 15 is 0 Å². The number of nitrogens with one attached hydrogen (secondary N) is 1. The number of amides is 1. The van der Waals surface area contributed by atoms with Gasteiger partial charge in [0.05, 0.1) is 6.20 Å². The Labute approximate surface area is 138 Å². The van der Waals surface area contributed by atoms with Crippen molar-refractivity contribution in [2.45, 2.75) is 13.0 Å². The second kappa shape index (κ2) is 5.82. The molecule has 1 atom stereocenters. The third-order valence-corrected chi connectivity index (χ3v) is 5.13. The van der Waals surface area contributed by atoms with E-state index in [-0.39, 0.29) is 18.7 Å². The molecule has 1 aromatic carbocycles. The van der Waals surface area contributed by atoms with E-state index in [1.54, 1.807) is 6.20 Å². The van der Waals surface area contributed by atoms with Gasteiger partial charge in [-0.1, -0.05) is 0 Å². The summed E-state index contributed by atoms with van der Waals surface area (Å²) in [6.45, 7) is 4.71. The number of piperazine rings is 1. The highest BCUT2D eigenvalue weighted by molar-refractivity contribution is 7.16. The zero-order valence-corrected chi connectivity index (χ0v) is 13.6. The van der Waals surface area contributed by atoms with Crippen molar-refractivity contribution in [1.29, 1.82) is 0 Å². The zero-order valence-electron chi connectivity index (χ0n) is 12.7. The van der Waals surface area contributed by atoms with Crippen LogP contribution in [0.15, 0.2) is 24.4 Å². The van der Waals surface area contributed by atoms with Crippen molar-refractivity contribution in [2.24, 2.45) is 0 Å². The van der Waals surface area contributed by atoms with Crippen molar-refractivity contribution < 1.29 is 14.3 Å². The first-order chi connectivity index (χ1) is 11.2. The number of thiazole rings is 1. The van der Waals surface area contributed by atoms with Gasteiger partial charge in [0.15, 0.2) is 11.5 Å². The molecule has 1 saturated heterocycles. The summed E-state index contributed by atoms with van der Waals surface area (Å²) in [4.78, 5) is 19.7. The van der Waals surface area contributed by atoms with Crippen LogP contribution in [0.25, 0.3) is 10.6 Å². The van der Waals surface area contributed by atoms with Gasteiger partial charge < -0.3 is 19.7 Å². The molecule has 0 saturated carbocycles. The van der Waals surface area contributed by atoms with E-state index in [0.717, 1.165) is 41.7 Å². The number of rotatable bonds is 2. The summed E-state index contributed by atoms with van der Waals surface area (Å²) in [5.41, 5.74) is 0.937. The van der Waals surface area contributed by atoms with Crippen molar-refractivity contribution in [2.75, 3.05) is 26.4 Å². The van der Waals surface area contributed by atoms with Gasteiger partial charge in [0.1, 0.15) is 9.88 Å². The molecule has 0 radical (unpaired) electrons. The quantitative estimate of drug-likeness (QED) is 0.911. The monoisotopic (exact) mass is 331 g/mol. The van der Waals surface area contributed by atoms with Crippen LogP contribution in [0.3, 0.4) is 0 Å². The van der Waals surface area contributed by atoms with Crippen LogP contribution in [0.4, 0.5) is 0 Å². The van der Waals surface area contributed by atoms with E-state index in [1.165, 1.54) is 11.3 Å². The molecule has 0 spiro atoms. The predicted octanol–water partition coefficient (Wildman–Crippen LogP) is 1.97. The number of carbonyl (C=O) groups excluding carboxylic acids is 1. The molecule has 2 aliphatic heterocycles. The Morgan fingerprint density at radius 3 is 3.13 bits per heavy atom. The fourth-order valence-corrected chi connectivity index (χ4v) is 3.69. The van der Waals surface area contributed by atoms with Crippen LogP contribution in [-0.2, 0) is 0 Å². The Kier molecular flexibility index (Phi) is 3.66. The number of aromatic nitrogens is 1. The molecule has 1 N–H and O–H groups in total. The summed E-state index contributed by atoms with van der Waals surface area (Å²) < 4.78 is 10.7. The van der Waals surface area contributed by atoms with Crippen LogP contribution >= 0.6 is 11.3 Å². The Bertz CT molecular complexity index is 746. The first-order valence-corrected chi connectivity index (χ1v) is 8.41. The molecule has 2 aromatic rings. The minimum Gasteiger partial charge on any atom is -0.454 e. The summed E-state index contributed by atoms with van der Waals surface area (Å²) in [6, 6.07) is 5.92. The Hall–Kier alpha value is -2.12. The van der Waals surface area contributed by atoms with E-state index in [9.17, 15) is 4.79 Å². The van der Waals surface area contributed by atoms with Gasteiger partial charge in [-0.25, -0.2) is 4.98 Å². The summed E-state index contributed by atoms with van der Waals surface area (Å²) in [7, 11) is 0. The zero-order chi connectivity index (χ0) is 15.8. The van der Waals surface area contributed by atoms with Crippen LogP contribution in [0.5, 0.6) is 11.5 Å². The molecule has 6 nitrogen and oxygen atoms in total. The highest BCUT2D eigenvalue weighted by atomic mass is 32.1. The number of ether oxygens (including phenoxy) is 2. The lowest BCUT2D eigenvalue weighted by molar-refractivity contribution is 0.0660. The standard InChI is InChI=1S/C16H17N3O3S/c1-10-7-17-4-5-19(10)16(20)14-8-18-15(23-14)11-2-3-12-13(6-11)22-9-21-12/h2-3,6,8,10,17H,4-5,7,9H2,1H3/t10-/m0/s1. The van der Waals surface area contributed by atoms with Gasteiger partial charge in [-0.05, 0) is 25.1 Å². The molecule has 7 heteroatoms. The number of hydrogen-bond donors (Lipinski definition) is 1. The first kappa shape index (κ1) is 14.5. The van der Waals surface area contributed by atoms with Gasteiger partial charge in [0.2, 0.25) is 6.79 Å². The maximum absolute atomic E-state index is 12.7. The van der Waals surface area contributed by atoms with Crippen LogP contribution in [0, 0.1) is 0 Å². The van der Waals surface area contributed by atoms with E-state index in [1.807, 2.05) is 23.1 Å². The second-order valence-electron chi connectivity index (χ2n) is 5.65. The van der Waals surface area contributed by atoms with Gasteiger partial charge in [-0.2, -0.15) is 0 Å². The maximum atomic E-state index is 12.7. The third kappa shape index (κ3) is 2.66. The van der Waals surface area contributed by atoms with Crippen LogP contribution in [0.1, 0.15) is 16.6 Å². The lowest BCUT2D eigenvalue weighted by Gasteiger charge is -2.33. The van der Waals surface area contributed by atoms with E-state index in [4.69, 9.17) is 9.47 Å². The third-order valence-electron chi connectivity index (χ3n) is 4.10. The first-order valence-electron chi connectivity index (χ1n) is 7.60. The van der Waals surface area contributed by atoms with Crippen LogP contribution in [0.2, 0.25) is 0 Å². The lowest BCUT2D eigenvalue weighted by atomic mass is 10.2. The van der Waals surface area contributed by atoms with Crippen molar-refractivity contribution in [3.05, 3.63) is 29.3 Å². The van der Waals surface area contributed by atoms with E-state index in [2.05, 4.69) is 17.2 Å². The minimum atomic E-state index is 0.0588. The summed E-state index contributed by atoms with van der Waals surface area (Å²) >= 11 is 1.42. The molecule has 0 bridgehead atoms. The SMILES string of the molecule is C[C@H]1CNCCN1C(=O)c1cnc(-c2ccc3c(c2)OCO3)s1. The average Bonchev–Trinajstić information content (AvgIpc) is 3.23. The average molecular weight is 331 g/mol. The molecular formula is C16H17N3O3S. The van der Waals surface area contributed by atoms with Crippen LogP contribution < -0.4 is 14.8 Å². The van der Waals surface area contributed by atoms with Crippen LogP contribution in [-0.4, -0.2) is 48.3 Å². The summed E-state index contributed by atoms with van der Waals surface area (Å²) in [6.07, 6.45) is 1.67. The van der Waals surface area contributed by atoms with Gasteiger partial charge in [0, 0.05) is 31.2 Å². The number of benzene rings is 1. The van der Waals surface area contributed by atoms with E-state index < -0.39 is 0 Å². The number of nitrogens with zero attached hydrogens (tertiary/aromatic N) is 2. The highest BCUT2D eigenvalue weighted by Gasteiger charge is 2.26. The van der Waals surface area contributed by atoms with E-state index in [0.29, 0.717) is 4.88 Å². The molecule has 23 heavy (non-hydrogen) atoms. The Morgan fingerprint density at radius 2 is 2.26 bits per heavy atom. The molecule has 1 aromatic heterocycles. The molecule has 4 rings (SSSR count). The van der Waals surface area contributed by atoms with Gasteiger partial charge in [-0.3, -0.25) is 4.79 Å². The Balaban J connectivity index is 1.58. The molecule has 0 unspecified atom stereocenters. The normalized spacial score (nSPS) is 19.9. The van der Waals surface area contributed by atoms with Crippen molar-refractivity contribution in [3.8, 4) is 22.1 Å². The number of fused-ring (bicyclic) bond motifs is 1. The molecule has 1 amide bonds. The topological polar surface area (TPSA) is 63.7 Å². The molecule has 3 heterocycles.